The first-order valence-electron chi connectivity index (χ1n) is 6.42. The lowest BCUT2D eigenvalue weighted by molar-refractivity contribution is 0.217. The Balaban J connectivity index is 2.55. The molecule has 0 unspecified atom stereocenters. The normalized spacial score (nSPS) is 12.0. The highest BCUT2D eigenvalue weighted by Crippen LogP contribution is 2.10. The van der Waals surface area contributed by atoms with Crippen LogP contribution in [0.25, 0.3) is 6.08 Å². The summed E-state index contributed by atoms with van der Waals surface area (Å²) in [7, 11) is 0. The lowest BCUT2D eigenvalue weighted by Crippen LogP contribution is -1.91. The summed E-state index contributed by atoms with van der Waals surface area (Å²) in [5.74, 6) is 1.08. The second kappa shape index (κ2) is 8.63. The molecule has 0 heterocycles. The monoisotopic (exact) mass is 230 g/mol. The molecule has 0 radical (unpaired) electrons. The smallest absolute Gasteiger partial charge is 0.0959 e. The number of benzene rings is 1. The summed E-state index contributed by atoms with van der Waals surface area (Å²) in [6.07, 6.45) is 9.66. The van der Waals surface area contributed by atoms with E-state index < -0.39 is 0 Å². The molecule has 0 aliphatic carbocycles. The van der Waals surface area contributed by atoms with Gasteiger partial charge in [-0.1, -0.05) is 55.8 Å². The summed E-state index contributed by atoms with van der Waals surface area (Å²) >= 11 is 0. The average molecular weight is 230 g/mol. The van der Waals surface area contributed by atoms with Gasteiger partial charge in [-0.2, -0.15) is 0 Å². The topological polar surface area (TPSA) is 9.23 Å². The quantitative estimate of drug-likeness (QED) is 0.482. The first-order valence-corrected chi connectivity index (χ1v) is 6.42. The van der Waals surface area contributed by atoms with E-state index in [0.717, 1.165) is 18.8 Å². The molecule has 1 heteroatoms. The lowest BCUT2D eigenvalue weighted by Gasteiger charge is -2.06. The molecule has 92 valence electrons. The van der Waals surface area contributed by atoms with Gasteiger partial charge in [-0.05, 0) is 25.0 Å². The fourth-order valence-corrected chi connectivity index (χ4v) is 1.57. The Morgan fingerprint density at radius 1 is 1.18 bits per heavy atom. The summed E-state index contributed by atoms with van der Waals surface area (Å²) in [6, 6.07) is 10.3. The van der Waals surface area contributed by atoms with E-state index in [4.69, 9.17) is 4.74 Å². The summed E-state index contributed by atoms with van der Waals surface area (Å²) in [4.78, 5) is 0. The van der Waals surface area contributed by atoms with E-state index >= 15 is 0 Å². The zero-order valence-electron chi connectivity index (χ0n) is 10.9. The minimum Gasteiger partial charge on any atom is -0.498 e. The molecule has 17 heavy (non-hydrogen) atoms. The molecule has 0 aliphatic rings. The summed E-state index contributed by atoms with van der Waals surface area (Å²) in [5, 5.41) is 0. The van der Waals surface area contributed by atoms with Crippen molar-refractivity contribution in [3.8, 4) is 0 Å². The number of unbranched alkanes of at least 4 members (excludes halogenated alkanes) is 1. The van der Waals surface area contributed by atoms with Gasteiger partial charge in [-0.15, -0.1) is 0 Å². The predicted molar refractivity (Wildman–Crippen MR) is 74.7 cm³/mol. The molecule has 0 fully saturated rings. The first-order chi connectivity index (χ1) is 8.36. The maximum Gasteiger partial charge on any atom is 0.0959 e. The van der Waals surface area contributed by atoms with Crippen molar-refractivity contribution in [1.82, 2.24) is 0 Å². The fraction of sp³-hybridized carbons (Fsp3) is 0.375. The Bertz CT molecular complexity index is 349. The van der Waals surface area contributed by atoms with Crippen molar-refractivity contribution in [1.29, 1.82) is 0 Å². The van der Waals surface area contributed by atoms with Gasteiger partial charge < -0.3 is 4.74 Å². The van der Waals surface area contributed by atoms with Crippen LogP contribution in [0.5, 0.6) is 0 Å². The second-order valence-electron chi connectivity index (χ2n) is 3.94. The van der Waals surface area contributed by atoms with Crippen LogP contribution < -0.4 is 0 Å². The minimum atomic E-state index is 0.745. The molecule has 1 nitrogen and oxygen atoms in total. The van der Waals surface area contributed by atoms with E-state index in [9.17, 15) is 0 Å². The van der Waals surface area contributed by atoms with Gasteiger partial charge in [0, 0.05) is 6.42 Å². The van der Waals surface area contributed by atoms with Crippen molar-refractivity contribution in [3.05, 3.63) is 53.8 Å². The highest BCUT2D eigenvalue weighted by Gasteiger charge is 1.94. The Hall–Kier alpha value is -1.50. The maximum atomic E-state index is 5.59. The maximum absolute atomic E-state index is 5.59. The van der Waals surface area contributed by atoms with Crippen molar-refractivity contribution in [2.24, 2.45) is 0 Å². The molecule has 1 aromatic carbocycles. The van der Waals surface area contributed by atoms with Gasteiger partial charge in [0.25, 0.3) is 0 Å². The highest BCUT2D eigenvalue weighted by molar-refractivity contribution is 5.50. The third-order valence-electron chi connectivity index (χ3n) is 2.48. The molecular formula is C16H22O. The zero-order valence-corrected chi connectivity index (χ0v) is 10.9. The zero-order chi connectivity index (χ0) is 12.3. The van der Waals surface area contributed by atoms with E-state index in [2.05, 4.69) is 37.3 Å². The number of ether oxygens (including phenoxy) is 1. The van der Waals surface area contributed by atoms with Crippen LogP contribution in [0.2, 0.25) is 0 Å². The lowest BCUT2D eigenvalue weighted by atomic mass is 10.2. The van der Waals surface area contributed by atoms with Crippen molar-refractivity contribution < 1.29 is 4.74 Å². The van der Waals surface area contributed by atoms with E-state index in [1.165, 1.54) is 18.4 Å². The molecule has 0 aromatic heterocycles. The molecule has 0 bridgehead atoms. The van der Waals surface area contributed by atoms with Crippen LogP contribution >= 0.6 is 0 Å². The van der Waals surface area contributed by atoms with Crippen LogP contribution in [0.1, 0.15) is 38.7 Å². The molecule has 1 aromatic rings. The molecule has 0 N–H and O–H groups in total. The summed E-state index contributed by atoms with van der Waals surface area (Å²) in [5.41, 5.74) is 1.22. The number of rotatable bonds is 7. The highest BCUT2D eigenvalue weighted by atomic mass is 16.5. The van der Waals surface area contributed by atoms with Gasteiger partial charge in [0.2, 0.25) is 0 Å². The van der Waals surface area contributed by atoms with Crippen LogP contribution in [0.4, 0.5) is 0 Å². The number of allylic oxidation sites excluding steroid dienone is 3. The first kappa shape index (κ1) is 13.6. The Morgan fingerprint density at radius 2 is 1.94 bits per heavy atom. The van der Waals surface area contributed by atoms with E-state index in [0.29, 0.717) is 0 Å². The largest absolute Gasteiger partial charge is 0.498 e. The average Bonchev–Trinajstić information content (AvgIpc) is 2.37. The SMILES string of the molecule is CCCC/C(=C\C=C\c1ccccc1)OCC. The van der Waals surface area contributed by atoms with E-state index in [1.54, 1.807) is 0 Å². The van der Waals surface area contributed by atoms with Gasteiger partial charge >= 0.3 is 0 Å². The Morgan fingerprint density at radius 3 is 2.59 bits per heavy atom. The van der Waals surface area contributed by atoms with E-state index in [-0.39, 0.29) is 0 Å². The van der Waals surface area contributed by atoms with Crippen LogP contribution in [-0.4, -0.2) is 6.61 Å². The number of hydrogen-bond acceptors (Lipinski definition) is 1. The Labute approximate surface area is 105 Å². The molecule has 0 aliphatic heterocycles. The molecular weight excluding hydrogens is 208 g/mol. The molecule has 1 rings (SSSR count). The van der Waals surface area contributed by atoms with Crippen LogP contribution in [0.3, 0.4) is 0 Å². The van der Waals surface area contributed by atoms with E-state index in [1.807, 2.05) is 25.1 Å². The summed E-state index contributed by atoms with van der Waals surface area (Å²) in [6.45, 7) is 4.97. The second-order valence-corrected chi connectivity index (χ2v) is 3.94. The third-order valence-corrected chi connectivity index (χ3v) is 2.48. The predicted octanol–water partition coefficient (Wildman–Crippen LogP) is 4.81. The standard InChI is InChI=1S/C16H22O/c1-3-5-13-16(17-4-2)14-9-12-15-10-7-6-8-11-15/h6-12,14H,3-5,13H2,1-2H3/b12-9+,16-14+. The van der Waals surface area contributed by atoms with Crippen molar-refractivity contribution in [2.45, 2.75) is 33.1 Å². The van der Waals surface area contributed by atoms with Gasteiger partial charge in [0.15, 0.2) is 0 Å². The van der Waals surface area contributed by atoms with Crippen molar-refractivity contribution >= 4 is 6.08 Å². The fourth-order valence-electron chi connectivity index (χ4n) is 1.57. The molecule has 0 amide bonds. The molecule has 0 saturated carbocycles. The number of hydrogen-bond donors (Lipinski definition) is 0. The van der Waals surface area contributed by atoms with Gasteiger partial charge in [-0.3, -0.25) is 0 Å². The van der Waals surface area contributed by atoms with Crippen LogP contribution in [0.15, 0.2) is 48.2 Å². The van der Waals surface area contributed by atoms with Crippen molar-refractivity contribution in [2.75, 3.05) is 6.61 Å². The van der Waals surface area contributed by atoms with Gasteiger partial charge in [0.05, 0.1) is 12.4 Å². The Kier molecular flexibility index (Phi) is 6.89. The summed E-state index contributed by atoms with van der Waals surface area (Å²) < 4.78 is 5.59. The molecule has 0 atom stereocenters. The van der Waals surface area contributed by atoms with Crippen LogP contribution in [0, 0.1) is 0 Å². The van der Waals surface area contributed by atoms with Gasteiger partial charge in [0.1, 0.15) is 0 Å². The third kappa shape index (κ3) is 5.96. The van der Waals surface area contributed by atoms with Crippen LogP contribution in [-0.2, 0) is 4.74 Å². The van der Waals surface area contributed by atoms with Crippen molar-refractivity contribution in [3.63, 3.8) is 0 Å². The molecule has 0 saturated heterocycles. The van der Waals surface area contributed by atoms with Gasteiger partial charge in [-0.25, -0.2) is 0 Å². The molecule has 0 spiro atoms. The minimum absolute atomic E-state index is 0.745.